The van der Waals surface area contributed by atoms with Gasteiger partial charge in [0.15, 0.2) is 11.7 Å². The van der Waals surface area contributed by atoms with Crippen LogP contribution in [0, 0.1) is 0 Å². The topological polar surface area (TPSA) is 101 Å². The van der Waals surface area contributed by atoms with Crippen molar-refractivity contribution < 1.29 is 26.7 Å². The third kappa shape index (κ3) is 4.68. The van der Waals surface area contributed by atoms with Crippen LogP contribution in [0.3, 0.4) is 0 Å². The molecule has 2 N–H and O–H groups in total. The van der Waals surface area contributed by atoms with E-state index in [1.165, 1.54) is 21.3 Å². The molecule has 35 heavy (non-hydrogen) atoms. The number of aromatic hydroxyl groups is 1. The van der Waals surface area contributed by atoms with E-state index in [1.807, 2.05) is 12.1 Å². The van der Waals surface area contributed by atoms with Crippen LogP contribution in [0.4, 0.5) is 13.2 Å². The first-order chi connectivity index (χ1) is 16.6. The molecule has 1 fully saturated rings. The molecular formula is C23H22F3N5O3S. The van der Waals surface area contributed by atoms with Gasteiger partial charge in [0.2, 0.25) is 10.0 Å². The number of hydrogen-bond acceptors (Lipinski definition) is 6. The summed E-state index contributed by atoms with van der Waals surface area (Å²) < 4.78 is 67.0. The van der Waals surface area contributed by atoms with Gasteiger partial charge in [-0.1, -0.05) is 18.2 Å². The second-order valence-corrected chi connectivity index (χ2v) is 10.3. The zero-order chi connectivity index (χ0) is 24.8. The molecular weight excluding hydrogens is 483 g/mol. The van der Waals surface area contributed by atoms with Crippen molar-refractivity contribution in [2.24, 2.45) is 9.98 Å². The molecule has 8 nitrogen and oxygen atoms in total. The minimum absolute atomic E-state index is 0.0277. The number of aromatic amines is 1. The first-order valence-corrected chi connectivity index (χ1v) is 12.4. The van der Waals surface area contributed by atoms with Gasteiger partial charge < -0.3 is 10.1 Å². The number of fused-ring (bicyclic) bond motifs is 2. The fourth-order valence-electron chi connectivity index (χ4n) is 4.44. The molecule has 0 atom stereocenters. The molecule has 184 valence electrons. The molecule has 1 saturated heterocycles. The monoisotopic (exact) mass is 505 g/mol. The smallest absolute Gasteiger partial charge is 0.401 e. The number of H-pyrrole nitrogens is 1. The Labute approximate surface area is 198 Å². The molecule has 0 amide bonds. The number of rotatable bonds is 4. The normalized spacial score (nSPS) is 17.6. The molecule has 2 aliphatic heterocycles. The van der Waals surface area contributed by atoms with Crippen LogP contribution in [0.1, 0.15) is 12.0 Å². The molecule has 0 bridgehead atoms. The minimum Gasteiger partial charge on any atom is -0.494 e. The average Bonchev–Trinajstić information content (AvgIpc) is 3.25. The summed E-state index contributed by atoms with van der Waals surface area (Å²) >= 11 is 0. The van der Waals surface area contributed by atoms with Crippen molar-refractivity contribution in [3.05, 3.63) is 64.6 Å². The Morgan fingerprint density at radius 2 is 1.71 bits per heavy atom. The Bertz CT molecular complexity index is 1510. The van der Waals surface area contributed by atoms with Gasteiger partial charge in [-0.3, -0.25) is 4.90 Å². The number of halogens is 3. The van der Waals surface area contributed by atoms with E-state index in [0.717, 1.165) is 0 Å². The summed E-state index contributed by atoms with van der Waals surface area (Å²) in [5.41, 5.74) is 0.627. The summed E-state index contributed by atoms with van der Waals surface area (Å²) in [5.74, 6) is 0.0795. The van der Waals surface area contributed by atoms with Gasteiger partial charge in [-0.15, -0.1) is 0 Å². The lowest BCUT2D eigenvalue weighted by Crippen LogP contribution is -2.38. The average molecular weight is 506 g/mol. The second kappa shape index (κ2) is 8.77. The molecule has 0 unspecified atom stereocenters. The van der Waals surface area contributed by atoms with Gasteiger partial charge in [-0.2, -0.15) is 17.5 Å². The number of nitrogens with one attached hydrogen (secondary N) is 1. The molecule has 2 aliphatic rings. The van der Waals surface area contributed by atoms with Crippen LogP contribution < -0.4 is 10.7 Å². The van der Waals surface area contributed by atoms with Crippen molar-refractivity contribution >= 4 is 27.0 Å². The maximum absolute atomic E-state index is 13.6. The van der Waals surface area contributed by atoms with E-state index in [-0.39, 0.29) is 54.3 Å². The van der Waals surface area contributed by atoms with E-state index < -0.39 is 22.7 Å². The van der Waals surface area contributed by atoms with Crippen LogP contribution in [0.25, 0.3) is 17.0 Å². The van der Waals surface area contributed by atoms with E-state index in [4.69, 9.17) is 0 Å². The molecule has 5 rings (SSSR count). The van der Waals surface area contributed by atoms with E-state index in [9.17, 15) is 26.7 Å². The Kier molecular flexibility index (Phi) is 5.90. The van der Waals surface area contributed by atoms with Crippen LogP contribution >= 0.6 is 0 Å². The Hall–Kier alpha value is -3.22. The molecule has 12 heteroatoms. The molecule has 1 aromatic heterocycles. The van der Waals surface area contributed by atoms with Gasteiger partial charge in [0, 0.05) is 30.6 Å². The molecule has 0 saturated carbocycles. The highest BCUT2D eigenvalue weighted by atomic mass is 32.2. The molecule has 2 aromatic carbocycles. The fourth-order valence-corrected chi connectivity index (χ4v) is 6.14. The number of aromatic nitrogens is 1. The first-order valence-electron chi connectivity index (χ1n) is 11.0. The summed E-state index contributed by atoms with van der Waals surface area (Å²) in [6.45, 7) is -0.918. The van der Waals surface area contributed by atoms with Gasteiger partial charge in [0.1, 0.15) is 0 Å². The quantitative estimate of drug-likeness (QED) is 0.569. The van der Waals surface area contributed by atoms with Crippen LogP contribution in [-0.4, -0.2) is 66.6 Å². The lowest BCUT2D eigenvalue weighted by atomic mass is 10.1. The van der Waals surface area contributed by atoms with Gasteiger partial charge in [0.05, 0.1) is 27.7 Å². The summed E-state index contributed by atoms with van der Waals surface area (Å²) in [7, 11) is -4.07. The van der Waals surface area contributed by atoms with Crippen LogP contribution in [0.2, 0.25) is 0 Å². The number of sulfonamides is 1. The van der Waals surface area contributed by atoms with Crippen molar-refractivity contribution in [3.8, 4) is 5.88 Å². The standard InChI is InChI=1S/C23H22F3N5O3S/c24-23(25,26)14-30-9-4-10-31(12-11-30)35(33,34)19-8-3-7-18-21(19)15(22(32)29-18)13-20-27-16-5-1-2-6-17(16)28-20/h1-3,5-8,13,29,32H,4,9-12,14H2. The first kappa shape index (κ1) is 23.5. The Morgan fingerprint density at radius 3 is 2.40 bits per heavy atom. The largest absolute Gasteiger partial charge is 0.494 e. The zero-order valence-corrected chi connectivity index (χ0v) is 19.3. The Balaban J connectivity index is 1.53. The summed E-state index contributed by atoms with van der Waals surface area (Å²) in [6, 6.07) is 11.9. The molecule has 0 radical (unpaired) electrons. The molecule has 0 spiro atoms. The molecule has 3 aromatic rings. The van der Waals surface area contributed by atoms with Gasteiger partial charge in [-0.25, -0.2) is 18.4 Å². The van der Waals surface area contributed by atoms with Crippen LogP contribution in [-0.2, 0) is 10.0 Å². The van der Waals surface area contributed by atoms with Crippen molar-refractivity contribution in [2.75, 3.05) is 32.7 Å². The van der Waals surface area contributed by atoms with E-state index >= 15 is 0 Å². The van der Waals surface area contributed by atoms with E-state index in [0.29, 0.717) is 22.1 Å². The predicted octanol–water partition coefficient (Wildman–Crippen LogP) is 2.38. The van der Waals surface area contributed by atoms with Gasteiger partial charge >= 0.3 is 6.18 Å². The molecule has 3 heterocycles. The number of benzene rings is 2. The van der Waals surface area contributed by atoms with Crippen molar-refractivity contribution in [1.29, 1.82) is 0 Å². The van der Waals surface area contributed by atoms with Crippen LogP contribution in [0.5, 0.6) is 5.88 Å². The van der Waals surface area contributed by atoms with E-state index in [1.54, 1.807) is 24.3 Å². The van der Waals surface area contributed by atoms with Gasteiger partial charge in [0.25, 0.3) is 0 Å². The summed E-state index contributed by atoms with van der Waals surface area (Å²) in [6.07, 6.45) is -2.56. The highest BCUT2D eigenvalue weighted by molar-refractivity contribution is 7.89. The maximum atomic E-state index is 13.6. The third-order valence-corrected chi connectivity index (χ3v) is 7.94. The predicted molar refractivity (Wildman–Crippen MR) is 123 cm³/mol. The summed E-state index contributed by atoms with van der Waals surface area (Å²) in [5, 5.41) is 12.2. The SMILES string of the molecule is O=S(=O)(c1cccc2[nH]c(O)c(C=C3N=c4ccccc4=N3)c12)N1CCCN(CC(F)(F)F)CC1. The lowest BCUT2D eigenvalue weighted by molar-refractivity contribution is -0.145. The Morgan fingerprint density at radius 1 is 1.00 bits per heavy atom. The highest BCUT2D eigenvalue weighted by Gasteiger charge is 2.34. The summed E-state index contributed by atoms with van der Waals surface area (Å²) in [4.78, 5) is 12.8. The number of hydrogen-bond donors (Lipinski definition) is 2. The maximum Gasteiger partial charge on any atom is 0.401 e. The number of alkyl halides is 3. The van der Waals surface area contributed by atoms with Crippen molar-refractivity contribution in [1.82, 2.24) is 14.2 Å². The lowest BCUT2D eigenvalue weighted by Gasteiger charge is -2.23. The second-order valence-electron chi connectivity index (χ2n) is 8.43. The molecule has 0 aliphatic carbocycles. The van der Waals surface area contributed by atoms with Crippen molar-refractivity contribution in [2.45, 2.75) is 17.5 Å². The van der Waals surface area contributed by atoms with E-state index in [2.05, 4.69) is 15.0 Å². The highest BCUT2D eigenvalue weighted by Crippen LogP contribution is 2.36. The minimum atomic E-state index is -4.35. The number of para-hydroxylation sites is 2. The zero-order valence-electron chi connectivity index (χ0n) is 18.5. The van der Waals surface area contributed by atoms with Crippen LogP contribution in [0.15, 0.2) is 63.2 Å². The van der Waals surface area contributed by atoms with Gasteiger partial charge in [-0.05, 0) is 43.3 Å². The number of nitrogens with zero attached hydrogens (tertiary/aromatic N) is 4. The van der Waals surface area contributed by atoms with Crippen molar-refractivity contribution in [3.63, 3.8) is 0 Å². The third-order valence-electron chi connectivity index (χ3n) is 6.00. The fraction of sp³-hybridized carbons (Fsp3) is 0.304.